The van der Waals surface area contributed by atoms with Crippen LogP contribution in [-0.2, 0) is 5.41 Å². The average molecular weight is 323 g/mol. The predicted molar refractivity (Wildman–Crippen MR) is 95.9 cm³/mol. The molecule has 2 bridgehead atoms. The van der Waals surface area contributed by atoms with E-state index < -0.39 is 0 Å². The molecule has 3 saturated heterocycles. The van der Waals surface area contributed by atoms with Crippen molar-refractivity contribution in [3.05, 3.63) is 59.7 Å². The van der Waals surface area contributed by atoms with Gasteiger partial charge in [-0.05, 0) is 67.2 Å². The monoisotopic (exact) mass is 323 g/mol. The molecule has 0 saturated carbocycles. The molecule has 0 radical (unpaired) electrons. The smallest absolute Gasteiger partial charge is 0.118 e. The van der Waals surface area contributed by atoms with Crippen LogP contribution in [0.25, 0.3) is 0 Å². The molecule has 0 N–H and O–H groups in total. The molecule has 0 aromatic heterocycles. The first-order valence-corrected chi connectivity index (χ1v) is 8.77. The largest absolute Gasteiger partial charge is 0.497 e. The summed E-state index contributed by atoms with van der Waals surface area (Å²) in [5.74, 6) is 2.54. The van der Waals surface area contributed by atoms with Gasteiger partial charge in [0, 0.05) is 12.0 Å². The van der Waals surface area contributed by atoms with Crippen molar-refractivity contribution in [2.75, 3.05) is 33.9 Å². The minimum atomic E-state index is 0.0784. The summed E-state index contributed by atoms with van der Waals surface area (Å²) in [7, 11) is 3.45. The van der Waals surface area contributed by atoms with Crippen LogP contribution in [0.2, 0.25) is 0 Å². The zero-order valence-electron chi connectivity index (χ0n) is 14.5. The normalized spacial score (nSPS) is 24.6. The van der Waals surface area contributed by atoms with Crippen molar-refractivity contribution in [3.63, 3.8) is 0 Å². The van der Waals surface area contributed by atoms with Crippen LogP contribution in [0.15, 0.2) is 48.5 Å². The SMILES string of the molecule is COc1ccc(C2(c3ccc(OC)cc3)CN3CCC2CC3)cc1. The molecule has 2 aromatic rings. The Kier molecular flexibility index (Phi) is 3.97. The fourth-order valence-electron chi connectivity index (χ4n) is 4.66. The van der Waals surface area contributed by atoms with Gasteiger partial charge in [-0.1, -0.05) is 24.3 Å². The summed E-state index contributed by atoms with van der Waals surface area (Å²) in [5.41, 5.74) is 2.89. The molecule has 0 unspecified atom stereocenters. The van der Waals surface area contributed by atoms with E-state index in [2.05, 4.69) is 53.4 Å². The van der Waals surface area contributed by atoms with Crippen LogP contribution in [-0.4, -0.2) is 38.8 Å². The summed E-state index contributed by atoms with van der Waals surface area (Å²) < 4.78 is 10.7. The third-order valence-electron chi connectivity index (χ3n) is 5.97. The van der Waals surface area contributed by atoms with Gasteiger partial charge in [-0.3, -0.25) is 0 Å². The number of ether oxygens (including phenoxy) is 2. The standard InChI is InChI=1S/C21H25NO2/c1-23-19-7-3-16(4-8-19)21(15-22-13-11-18(21)12-14-22)17-5-9-20(24-2)10-6-17/h3-10,18H,11-15H2,1-2H3. The first kappa shape index (κ1) is 15.5. The molecule has 0 atom stereocenters. The van der Waals surface area contributed by atoms with Gasteiger partial charge in [0.05, 0.1) is 14.2 Å². The lowest BCUT2D eigenvalue weighted by Gasteiger charge is -2.54. The van der Waals surface area contributed by atoms with E-state index in [1.54, 1.807) is 14.2 Å². The van der Waals surface area contributed by atoms with Crippen LogP contribution in [0.3, 0.4) is 0 Å². The molecule has 0 amide bonds. The Morgan fingerprint density at radius 1 is 0.792 bits per heavy atom. The molecule has 3 aliphatic rings. The van der Waals surface area contributed by atoms with Crippen LogP contribution >= 0.6 is 0 Å². The van der Waals surface area contributed by atoms with Crippen molar-refractivity contribution in [3.8, 4) is 11.5 Å². The number of hydrogen-bond donors (Lipinski definition) is 0. The van der Waals surface area contributed by atoms with E-state index in [0.29, 0.717) is 5.92 Å². The molecule has 126 valence electrons. The van der Waals surface area contributed by atoms with Crippen molar-refractivity contribution in [1.82, 2.24) is 4.90 Å². The van der Waals surface area contributed by atoms with E-state index in [9.17, 15) is 0 Å². The fourth-order valence-corrected chi connectivity index (χ4v) is 4.66. The van der Waals surface area contributed by atoms with Gasteiger partial charge < -0.3 is 14.4 Å². The van der Waals surface area contributed by atoms with Crippen molar-refractivity contribution >= 4 is 0 Å². The van der Waals surface area contributed by atoms with Crippen molar-refractivity contribution < 1.29 is 9.47 Å². The lowest BCUT2D eigenvalue weighted by atomic mass is 9.59. The molecule has 5 rings (SSSR count). The van der Waals surface area contributed by atoms with Crippen LogP contribution in [0.4, 0.5) is 0 Å². The van der Waals surface area contributed by atoms with Crippen molar-refractivity contribution in [2.45, 2.75) is 18.3 Å². The molecule has 3 heterocycles. The van der Waals surface area contributed by atoms with E-state index >= 15 is 0 Å². The molecule has 3 nitrogen and oxygen atoms in total. The molecule has 24 heavy (non-hydrogen) atoms. The second-order valence-electron chi connectivity index (χ2n) is 6.98. The van der Waals surface area contributed by atoms with Crippen molar-refractivity contribution in [1.29, 1.82) is 0 Å². The van der Waals surface area contributed by atoms with Crippen LogP contribution in [0.1, 0.15) is 24.0 Å². The van der Waals surface area contributed by atoms with Crippen molar-refractivity contribution in [2.24, 2.45) is 5.92 Å². The fraction of sp³-hybridized carbons (Fsp3) is 0.429. The zero-order valence-corrected chi connectivity index (χ0v) is 14.5. The molecular weight excluding hydrogens is 298 g/mol. The lowest BCUT2D eigenvalue weighted by molar-refractivity contribution is 0.0451. The molecular formula is C21H25NO2. The van der Waals surface area contributed by atoms with E-state index in [4.69, 9.17) is 9.47 Å². The molecule has 0 aliphatic carbocycles. The van der Waals surface area contributed by atoms with Gasteiger partial charge in [0.25, 0.3) is 0 Å². The number of methoxy groups -OCH3 is 2. The Balaban J connectivity index is 1.82. The quantitative estimate of drug-likeness (QED) is 0.856. The summed E-state index contributed by atoms with van der Waals surface area (Å²) in [6, 6.07) is 17.4. The van der Waals surface area contributed by atoms with Crippen LogP contribution in [0, 0.1) is 5.92 Å². The van der Waals surface area contributed by atoms with Crippen LogP contribution in [0.5, 0.6) is 11.5 Å². The summed E-state index contributed by atoms with van der Waals surface area (Å²) in [5, 5.41) is 0. The Bertz CT molecular complexity index is 637. The number of hydrogen-bond acceptors (Lipinski definition) is 3. The van der Waals surface area contributed by atoms with E-state index in [1.807, 2.05) is 0 Å². The molecule has 0 spiro atoms. The summed E-state index contributed by atoms with van der Waals surface area (Å²) >= 11 is 0. The molecule has 3 heteroatoms. The maximum absolute atomic E-state index is 5.36. The third kappa shape index (κ3) is 2.39. The second-order valence-corrected chi connectivity index (χ2v) is 6.98. The number of nitrogens with zero attached hydrogens (tertiary/aromatic N) is 1. The number of fused-ring (bicyclic) bond motifs is 3. The van der Waals surface area contributed by atoms with Gasteiger partial charge in [0.15, 0.2) is 0 Å². The van der Waals surface area contributed by atoms with Gasteiger partial charge in [0.2, 0.25) is 0 Å². The maximum Gasteiger partial charge on any atom is 0.118 e. The number of piperidine rings is 3. The number of benzene rings is 2. The highest BCUT2D eigenvalue weighted by Crippen LogP contribution is 2.49. The topological polar surface area (TPSA) is 21.7 Å². The Morgan fingerprint density at radius 3 is 1.58 bits per heavy atom. The summed E-state index contributed by atoms with van der Waals surface area (Å²) in [6.07, 6.45) is 2.55. The Morgan fingerprint density at radius 2 is 1.25 bits per heavy atom. The van der Waals surface area contributed by atoms with Gasteiger partial charge in [-0.15, -0.1) is 0 Å². The predicted octanol–water partition coefficient (Wildman–Crippen LogP) is 3.72. The Labute approximate surface area is 144 Å². The number of rotatable bonds is 4. The zero-order chi connectivity index (χ0) is 16.6. The lowest BCUT2D eigenvalue weighted by Crippen LogP contribution is -2.57. The highest BCUT2D eigenvalue weighted by atomic mass is 16.5. The van der Waals surface area contributed by atoms with E-state index in [0.717, 1.165) is 18.0 Å². The van der Waals surface area contributed by atoms with Gasteiger partial charge >= 0.3 is 0 Å². The Hall–Kier alpha value is -2.00. The average Bonchev–Trinajstić information content (AvgIpc) is 2.69. The summed E-state index contributed by atoms with van der Waals surface area (Å²) in [4.78, 5) is 2.62. The maximum atomic E-state index is 5.36. The first-order valence-electron chi connectivity index (χ1n) is 8.77. The van der Waals surface area contributed by atoms with Crippen LogP contribution < -0.4 is 9.47 Å². The van der Waals surface area contributed by atoms with Gasteiger partial charge in [-0.25, -0.2) is 0 Å². The van der Waals surface area contributed by atoms with E-state index in [1.165, 1.54) is 37.1 Å². The van der Waals surface area contributed by atoms with Gasteiger partial charge in [0.1, 0.15) is 11.5 Å². The van der Waals surface area contributed by atoms with E-state index in [-0.39, 0.29) is 5.41 Å². The summed E-state index contributed by atoms with van der Waals surface area (Å²) in [6.45, 7) is 3.58. The molecule has 3 aliphatic heterocycles. The molecule has 3 fully saturated rings. The third-order valence-corrected chi connectivity index (χ3v) is 5.97. The first-order chi connectivity index (χ1) is 11.8. The minimum absolute atomic E-state index is 0.0784. The van der Waals surface area contributed by atoms with Gasteiger partial charge in [-0.2, -0.15) is 0 Å². The second kappa shape index (κ2) is 6.14. The highest BCUT2D eigenvalue weighted by Gasteiger charge is 2.48. The molecule has 2 aromatic carbocycles. The highest BCUT2D eigenvalue weighted by molar-refractivity contribution is 5.46. The minimum Gasteiger partial charge on any atom is -0.497 e.